The van der Waals surface area contributed by atoms with Crippen molar-refractivity contribution in [3.05, 3.63) is 0 Å². The van der Waals surface area contributed by atoms with Crippen molar-refractivity contribution < 1.29 is 18.0 Å². The molecule has 0 spiro atoms. The first kappa shape index (κ1) is 18.2. The smallest absolute Gasteiger partial charge is 0.355 e. The van der Waals surface area contributed by atoms with Crippen LogP contribution in [0.1, 0.15) is 26.2 Å². The van der Waals surface area contributed by atoms with Gasteiger partial charge in [-0.3, -0.25) is 9.69 Å². The second-order valence-corrected chi connectivity index (χ2v) is 4.49. The van der Waals surface area contributed by atoms with E-state index in [1.54, 1.807) is 7.05 Å². The number of hydrogen-bond acceptors (Lipinski definition) is 3. The summed E-state index contributed by atoms with van der Waals surface area (Å²) in [5.41, 5.74) is 0. The van der Waals surface area contributed by atoms with Crippen LogP contribution in [0.15, 0.2) is 0 Å². The fraction of sp³-hybridized carbons (Fsp3) is 0.917. The molecule has 0 aliphatic heterocycles. The summed E-state index contributed by atoms with van der Waals surface area (Å²) in [6.07, 6.45) is -1.38. The molecule has 19 heavy (non-hydrogen) atoms. The minimum atomic E-state index is -4.28. The van der Waals surface area contributed by atoms with E-state index in [1.807, 2.05) is 6.92 Å². The molecule has 0 rings (SSSR count). The monoisotopic (exact) mass is 283 g/mol. The van der Waals surface area contributed by atoms with E-state index in [4.69, 9.17) is 0 Å². The normalized spacial score (nSPS) is 11.9. The molecule has 0 aromatic rings. The zero-order chi connectivity index (χ0) is 14.7. The van der Waals surface area contributed by atoms with Gasteiger partial charge in [0.1, 0.15) is 0 Å². The molecule has 2 N–H and O–H groups in total. The summed E-state index contributed by atoms with van der Waals surface area (Å²) >= 11 is 0. The zero-order valence-electron chi connectivity index (χ0n) is 11.6. The number of nitrogens with zero attached hydrogens (tertiary/aromatic N) is 1. The Hall–Kier alpha value is -0.820. The predicted molar refractivity (Wildman–Crippen MR) is 69.0 cm³/mol. The van der Waals surface area contributed by atoms with Crippen molar-refractivity contribution in [2.75, 3.05) is 39.8 Å². The molecule has 1 amide bonds. The van der Waals surface area contributed by atoms with Gasteiger partial charge in [-0.15, -0.1) is 0 Å². The Labute approximate surface area is 112 Å². The van der Waals surface area contributed by atoms with Crippen molar-refractivity contribution in [3.63, 3.8) is 0 Å². The van der Waals surface area contributed by atoms with Gasteiger partial charge in [-0.1, -0.05) is 19.8 Å². The molecule has 0 saturated carbocycles. The first-order chi connectivity index (χ1) is 8.89. The van der Waals surface area contributed by atoms with Crippen molar-refractivity contribution in [2.24, 2.45) is 0 Å². The lowest BCUT2D eigenvalue weighted by molar-refractivity contribution is -0.148. The lowest BCUT2D eigenvalue weighted by Crippen LogP contribution is -2.44. The molecular formula is C12H24F3N3O. The van der Waals surface area contributed by atoms with Crippen molar-refractivity contribution >= 4 is 5.91 Å². The first-order valence-corrected chi connectivity index (χ1v) is 6.59. The van der Waals surface area contributed by atoms with E-state index in [2.05, 4.69) is 10.6 Å². The number of unbranched alkanes of at least 4 members (excludes halogenated alkanes) is 2. The maximum Gasteiger partial charge on any atom is 0.401 e. The van der Waals surface area contributed by atoms with Crippen LogP contribution in [0, 0.1) is 0 Å². The average molecular weight is 283 g/mol. The van der Waals surface area contributed by atoms with E-state index in [9.17, 15) is 18.0 Å². The number of halogens is 3. The van der Waals surface area contributed by atoms with Crippen molar-refractivity contribution in [3.8, 4) is 0 Å². The second-order valence-electron chi connectivity index (χ2n) is 4.49. The predicted octanol–water partition coefficient (Wildman–Crippen LogP) is 1.38. The topological polar surface area (TPSA) is 44.4 Å². The summed E-state index contributed by atoms with van der Waals surface area (Å²) in [5.74, 6) is -0.351. The Balaban J connectivity index is 4.04. The van der Waals surface area contributed by atoms with Crippen LogP contribution in [-0.2, 0) is 4.79 Å². The van der Waals surface area contributed by atoms with Gasteiger partial charge in [-0.2, -0.15) is 13.2 Å². The molecule has 0 saturated heterocycles. The van der Waals surface area contributed by atoms with Crippen molar-refractivity contribution in [2.45, 2.75) is 32.4 Å². The number of likely N-dealkylation sites (N-methyl/N-ethyl adjacent to an activating group) is 1. The van der Waals surface area contributed by atoms with Gasteiger partial charge < -0.3 is 10.6 Å². The fourth-order valence-corrected chi connectivity index (χ4v) is 1.60. The largest absolute Gasteiger partial charge is 0.401 e. The number of hydrogen-bond donors (Lipinski definition) is 2. The third-order valence-corrected chi connectivity index (χ3v) is 2.55. The second kappa shape index (κ2) is 10.0. The van der Waals surface area contributed by atoms with E-state index in [1.165, 1.54) is 0 Å². The van der Waals surface area contributed by atoms with Crippen LogP contribution in [0.5, 0.6) is 0 Å². The van der Waals surface area contributed by atoms with Gasteiger partial charge >= 0.3 is 6.18 Å². The van der Waals surface area contributed by atoms with Gasteiger partial charge in [0, 0.05) is 19.6 Å². The molecule has 4 nitrogen and oxygen atoms in total. The Kier molecular flexibility index (Phi) is 9.59. The summed E-state index contributed by atoms with van der Waals surface area (Å²) < 4.78 is 37.0. The molecule has 114 valence electrons. The van der Waals surface area contributed by atoms with Gasteiger partial charge in [-0.25, -0.2) is 0 Å². The number of amides is 1. The number of alkyl halides is 3. The third-order valence-electron chi connectivity index (χ3n) is 2.55. The molecule has 0 bridgehead atoms. The Morgan fingerprint density at radius 1 is 1.21 bits per heavy atom. The van der Waals surface area contributed by atoms with Crippen LogP contribution in [-0.4, -0.2) is 56.8 Å². The third kappa shape index (κ3) is 12.0. The van der Waals surface area contributed by atoms with E-state index in [-0.39, 0.29) is 19.0 Å². The minimum Gasteiger partial charge on any atom is -0.355 e. The molecule has 0 fully saturated rings. The van der Waals surface area contributed by atoms with Crippen LogP contribution in [0.2, 0.25) is 0 Å². The molecule has 0 aliphatic rings. The Morgan fingerprint density at radius 3 is 2.42 bits per heavy atom. The van der Waals surface area contributed by atoms with Gasteiger partial charge in [0.05, 0.1) is 13.1 Å². The van der Waals surface area contributed by atoms with E-state index >= 15 is 0 Å². The van der Waals surface area contributed by atoms with E-state index in [0.29, 0.717) is 13.1 Å². The van der Waals surface area contributed by atoms with Crippen molar-refractivity contribution in [1.82, 2.24) is 15.5 Å². The van der Waals surface area contributed by atoms with Gasteiger partial charge in [0.2, 0.25) is 5.91 Å². The highest BCUT2D eigenvalue weighted by molar-refractivity contribution is 5.77. The molecule has 0 aliphatic carbocycles. The SMILES string of the molecule is CCCCCNC(=O)CN(CCNC)CC(F)(F)F. The highest BCUT2D eigenvalue weighted by Gasteiger charge is 2.31. The number of rotatable bonds is 10. The number of carbonyl (C=O) groups excluding carboxylic acids is 1. The highest BCUT2D eigenvalue weighted by atomic mass is 19.4. The molecule has 0 atom stereocenters. The van der Waals surface area contributed by atoms with Crippen molar-refractivity contribution in [1.29, 1.82) is 0 Å². The summed E-state index contributed by atoms with van der Waals surface area (Å²) in [5, 5.41) is 5.42. The lowest BCUT2D eigenvalue weighted by Gasteiger charge is -2.22. The molecule has 0 radical (unpaired) electrons. The standard InChI is InChI=1S/C12H24F3N3O/c1-3-4-5-6-17-11(19)9-18(8-7-16-2)10-12(13,14)15/h16H,3-10H2,1-2H3,(H,17,19). The van der Waals surface area contributed by atoms with Crippen LogP contribution >= 0.6 is 0 Å². The molecule has 0 heterocycles. The highest BCUT2D eigenvalue weighted by Crippen LogP contribution is 2.15. The van der Waals surface area contributed by atoms with Crippen LogP contribution < -0.4 is 10.6 Å². The average Bonchev–Trinajstić information content (AvgIpc) is 2.30. The van der Waals surface area contributed by atoms with Crippen LogP contribution in [0.4, 0.5) is 13.2 Å². The summed E-state index contributed by atoms with van der Waals surface area (Å²) in [7, 11) is 1.66. The molecule has 7 heteroatoms. The molecule has 0 aromatic carbocycles. The lowest BCUT2D eigenvalue weighted by atomic mass is 10.2. The zero-order valence-corrected chi connectivity index (χ0v) is 11.6. The Bertz CT molecular complexity index is 247. The van der Waals surface area contributed by atoms with E-state index < -0.39 is 12.7 Å². The molecular weight excluding hydrogens is 259 g/mol. The maximum absolute atomic E-state index is 12.3. The maximum atomic E-state index is 12.3. The van der Waals surface area contributed by atoms with Gasteiger partial charge in [-0.05, 0) is 13.5 Å². The Morgan fingerprint density at radius 2 is 1.89 bits per heavy atom. The number of carbonyl (C=O) groups is 1. The van der Waals surface area contributed by atoms with Gasteiger partial charge in [0.25, 0.3) is 0 Å². The summed E-state index contributed by atoms with van der Waals surface area (Å²) in [6, 6.07) is 0. The fourth-order valence-electron chi connectivity index (χ4n) is 1.60. The quantitative estimate of drug-likeness (QED) is 0.595. The summed E-state index contributed by atoms with van der Waals surface area (Å²) in [4.78, 5) is 12.6. The van der Waals surface area contributed by atoms with Crippen LogP contribution in [0.25, 0.3) is 0 Å². The summed E-state index contributed by atoms with van der Waals surface area (Å²) in [6.45, 7) is 1.91. The van der Waals surface area contributed by atoms with E-state index in [0.717, 1.165) is 24.2 Å². The van der Waals surface area contributed by atoms with Crippen LogP contribution in [0.3, 0.4) is 0 Å². The first-order valence-electron chi connectivity index (χ1n) is 6.59. The molecule has 0 unspecified atom stereocenters. The molecule has 0 aromatic heterocycles. The minimum absolute atomic E-state index is 0.193. The number of nitrogens with one attached hydrogen (secondary N) is 2. The van der Waals surface area contributed by atoms with Gasteiger partial charge in [0.15, 0.2) is 0 Å².